The molecule has 0 saturated carbocycles. The first kappa shape index (κ1) is 18.2. The molecule has 0 atom stereocenters. The molecule has 0 fully saturated rings. The van der Waals surface area contributed by atoms with E-state index in [0.717, 1.165) is 22.3 Å². The molecule has 2 N–H and O–H groups in total. The van der Waals surface area contributed by atoms with E-state index in [1.807, 2.05) is 72.8 Å². The van der Waals surface area contributed by atoms with Gasteiger partial charge in [0.05, 0.1) is 5.41 Å². The van der Waals surface area contributed by atoms with Crippen molar-refractivity contribution in [1.29, 1.82) is 0 Å². The molecule has 0 aromatic heterocycles. The Bertz CT molecular complexity index is 935. The van der Waals surface area contributed by atoms with Crippen molar-refractivity contribution in [3.8, 4) is 0 Å². The van der Waals surface area contributed by atoms with Crippen LogP contribution in [0.15, 0.2) is 115 Å². The van der Waals surface area contributed by atoms with Crippen LogP contribution in [-0.4, -0.2) is 17.2 Å². The third-order valence-electron chi connectivity index (χ3n) is 5.26. The smallest absolute Gasteiger partial charge is 0.423 e. The fraction of sp³-hybridized carbons (Fsp3) is 0.0400. The van der Waals surface area contributed by atoms with Crippen LogP contribution >= 0.6 is 0 Å². The predicted molar refractivity (Wildman–Crippen MR) is 115 cm³/mol. The summed E-state index contributed by atoms with van der Waals surface area (Å²) in [4.78, 5) is 0. The third-order valence-corrected chi connectivity index (χ3v) is 5.26. The number of hydrogen-bond donors (Lipinski definition) is 2. The molecule has 28 heavy (non-hydrogen) atoms. The summed E-state index contributed by atoms with van der Waals surface area (Å²) in [5.41, 5.74) is 3.89. The molecule has 0 spiro atoms. The summed E-state index contributed by atoms with van der Waals surface area (Å²) in [7, 11) is -1.56. The Hall–Kier alpha value is -3.14. The van der Waals surface area contributed by atoms with Gasteiger partial charge in [-0.25, -0.2) is 0 Å². The minimum atomic E-state index is -1.56. The van der Waals surface area contributed by atoms with Crippen LogP contribution in [0.2, 0.25) is 0 Å². The maximum atomic E-state index is 10.2. The van der Waals surface area contributed by atoms with Crippen molar-refractivity contribution in [2.45, 2.75) is 5.41 Å². The Morgan fingerprint density at radius 2 is 0.821 bits per heavy atom. The van der Waals surface area contributed by atoms with Crippen LogP contribution in [0.5, 0.6) is 0 Å². The quantitative estimate of drug-likeness (QED) is 0.418. The highest BCUT2D eigenvalue weighted by molar-refractivity contribution is 6.59. The normalized spacial score (nSPS) is 11.2. The molecule has 0 saturated heterocycles. The summed E-state index contributed by atoms with van der Waals surface area (Å²) in [6, 6.07) is 38.3. The molecular formula is C25H21BO2. The van der Waals surface area contributed by atoms with Crippen LogP contribution in [0, 0.1) is 0 Å². The van der Waals surface area contributed by atoms with Gasteiger partial charge >= 0.3 is 7.12 Å². The summed E-state index contributed by atoms with van der Waals surface area (Å²) < 4.78 is 0. The molecule has 0 radical (unpaired) electrons. The Morgan fingerprint density at radius 1 is 0.464 bits per heavy atom. The maximum Gasteiger partial charge on any atom is 0.488 e. The zero-order valence-electron chi connectivity index (χ0n) is 15.4. The minimum Gasteiger partial charge on any atom is -0.423 e. The molecule has 0 aliphatic rings. The van der Waals surface area contributed by atoms with Crippen molar-refractivity contribution in [2.75, 3.05) is 0 Å². The van der Waals surface area contributed by atoms with Crippen molar-refractivity contribution in [3.05, 3.63) is 138 Å². The van der Waals surface area contributed by atoms with Gasteiger partial charge in [-0.3, -0.25) is 0 Å². The van der Waals surface area contributed by atoms with Gasteiger partial charge < -0.3 is 10.0 Å². The van der Waals surface area contributed by atoms with Crippen molar-refractivity contribution >= 4 is 12.6 Å². The van der Waals surface area contributed by atoms with E-state index in [0.29, 0.717) is 5.46 Å². The lowest BCUT2D eigenvalue weighted by Crippen LogP contribution is -2.42. The third kappa shape index (κ3) is 3.05. The predicted octanol–water partition coefficient (Wildman–Crippen LogP) is 3.75. The highest BCUT2D eigenvalue weighted by Crippen LogP contribution is 2.44. The monoisotopic (exact) mass is 364 g/mol. The second-order valence-corrected chi connectivity index (χ2v) is 6.81. The van der Waals surface area contributed by atoms with Crippen LogP contribution < -0.4 is 5.46 Å². The van der Waals surface area contributed by atoms with Crippen molar-refractivity contribution in [2.24, 2.45) is 0 Å². The molecule has 0 aliphatic carbocycles. The molecule has 0 unspecified atom stereocenters. The molecule has 2 nitrogen and oxygen atoms in total. The first-order valence-corrected chi connectivity index (χ1v) is 9.36. The summed E-state index contributed by atoms with van der Waals surface area (Å²) >= 11 is 0. The number of benzene rings is 4. The van der Waals surface area contributed by atoms with Crippen LogP contribution in [0.4, 0.5) is 0 Å². The second-order valence-electron chi connectivity index (χ2n) is 6.81. The number of rotatable bonds is 5. The molecule has 0 aliphatic heterocycles. The first-order valence-electron chi connectivity index (χ1n) is 9.36. The minimum absolute atomic E-state index is 0.499. The van der Waals surface area contributed by atoms with E-state index in [4.69, 9.17) is 0 Å². The molecule has 3 heteroatoms. The molecule has 0 amide bonds. The average molecular weight is 364 g/mol. The van der Waals surface area contributed by atoms with Crippen LogP contribution in [-0.2, 0) is 5.41 Å². The van der Waals surface area contributed by atoms with Gasteiger partial charge in [-0.15, -0.1) is 0 Å². The van der Waals surface area contributed by atoms with Crippen LogP contribution in [0.1, 0.15) is 22.3 Å². The molecule has 136 valence electrons. The standard InChI is InChI=1S/C25H21BO2/c27-26(28)24-19-11-10-18-23(24)25(20-12-4-1-5-13-20,21-14-6-2-7-15-21)22-16-8-3-9-17-22/h1-19,27-28H. The van der Waals surface area contributed by atoms with Gasteiger partial charge in [-0.05, 0) is 27.7 Å². The Kier molecular flexibility index (Phi) is 5.11. The SMILES string of the molecule is OB(O)c1ccccc1C(c1ccccc1)(c1ccccc1)c1ccccc1. The zero-order valence-corrected chi connectivity index (χ0v) is 15.4. The van der Waals surface area contributed by atoms with Crippen molar-refractivity contribution in [1.82, 2.24) is 0 Å². The Morgan fingerprint density at radius 3 is 1.21 bits per heavy atom. The molecule has 0 bridgehead atoms. The van der Waals surface area contributed by atoms with E-state index in [2.05, 4.69) is 36.4 Å². The van der Waals surface area contributed by atoms with Gasteiger partial charge in [-0.2, -0.15) is 0 Å². The van der Waals surface area contributed by atoms with Gasteiger partial charge in [-0.1, -0.05) is 115 Å². The topological polar surface area (TPSA) is 40.5 Å². The van der Waals surface area contributed by atoms with Gasteiger partial charge in [0, 0.05) is 0 Å². The summed E-state index contributed by atoms with van der Waals surface area (Å²) in [5, 5.41) is 20.3. The van der Waals surface area contributed by atoms with Gasteiger partial charge in [0.15, 0.2) is 0 Å². The molecule has 0 heterocycles. The van der Waals surface area contributed by atoms with Gasteiger partial charge in [0.25, 0.3) is 0 Å². The van der Waals surface area contributed by atoms with Gasteiger partial charge in [0.1, 0.15) is 0 Å². The van der Waals surface area contributed by atoms with Crippen molar-refractivity contribution in [3.63, 3.8) is 0 Å². The van der Waals surface area contributed by atoms with E-state index in [1.165, 1.54) is 0 Å². The second kappa shape index (κ2) is 7.85. The van der Waals surface area contributed by atoms with Crippen LogP contribution in [0.3, 0.4) is 0 Å². The molecule has 4 rings (SSSR count). The molecule has 4 aromatic rings. The fourth-order valence-electron chi connectivity index (χ4n) is 4.09. The lowest BCUT2D eigenvalue weighted by molar-refractivity contribution is 0.425. The van der Waals surface area contributed by atoms with Crippen LogP contribution in [0.25, 0.3) is 0 Å². The molecular weight excluding hydrogens is 343 g/mol. The van der Waals surface area contributed by atoms with Crippen molar-refractivity contribution < 1.29 is 10.0 Å². The summed E-state index contributed by atoms with van der Waals surface area (Å²) in [6.07, 6.45) is 0. The largest absolute Gasteiger partial charge is 0.488 e. The highest BCUT2D eigenvalue weighted by atomic mass is 16.4. The lowest BCUT2D eigenvalue weighted by atomic mass is 9.60. The highest BCUT2D eigenvalue weighted by Gasteiger charge is 2.40. The molecule has 4 aromatic carbocycles. The fourth-order valence-corrected chi connectivity index (χ4v) is 4.09. The summed E-state index contributed by atoms with van der Waals surface area (Å²) in [6.45, 7) is 0. The maximum absolute atomic E-state index is 10.2. The first-order chi connectivity index (χ1) is 13.7. The average Bonchev–Trinajstić information content (AvgIpc) is 2.77. The van der Waals surface area contributed by atoms with Gasteiger partial charge in [0.2, 0.25) is 0 Å². The van der Waals surface area contributed by atoms with E-state index in [1.54, 1.807) is 6.07 Å². The van der Waals surface area contributed by atoms with E-state index in [9.17, 15) is 10.0 Å². The summed E-state index contributed by atoms with van der Waals surface area (Å²) in [5.74, 6) is 0. The number of hydrogen-bond acceptors (Lipinski definition) is 2. The Labute approximate surface area is 165 Å². The lowest BCUT2D eigenvalue weighted by Gasteiger charge is -2.38. The van der Waals surface area contributed by atoms with E-state index < -0.39 is 12.5 Å². The Balaban J connectivity index is 2.18. The van der Waals surface area contributed by atoms with E-state index >= 15 is 0 Å². The zero-order chi connectivity index (χ0) is 19.4. The van der Waals surface area contributed by atoms with E-state index in [-0.39, 0.29) is 0 Å².